The van der Waals surface area contributed by atoms with Crippen molar-refractivity contribution in [1.29, 1.82) is 0 Å². The van der Waals surface area contributed by atoms with Crippen LogP contribution in [0.2, 0.25) is 0 Å². The van der Waals surface area contributed by atoms with Gasteiger partial charge in [0, 0.05) is 36.3 Å². The maximum atomic E-state index is 10.7. The molecule has 1 heterocycles. The highest BCUT2D eigenvalue weighted by atomic mass is 35.5. The van der Waals surface area contributed by atoms with Gasteiger partial charge in [-0.05, 0) is 18.6 Å². The summed E-state index contributed by atoms with van der Waals surface area (Å²) in [6, 6.07) is 5.10. The SMILES string of the molecule is CC1COCCN1c1ccc([N+](=O)[O-])cc1CCl. The molecule has 0 aromatic heterocycles. The number of ether oxygens (including phenoxy) is 1. The largest absolute Gasteiger partial charge is 0.377 e. The smallest absolute Gasteiger partial charge is 0.269 e. The molecule has 5 nitrogen and oxygen atoms in total. The fourth-order valence-electron chi connectivity index (χ4n) is 2.16. The van der Waals surface area contributed by atoms with E-state index in [0.717, 1.165) is 17.8 Å². The van der Waals surface area contributed by atoms with E-state index in [-0.39, 0.29) is 17.6 Å². The molecule has 0 amide bonds. The van der Waals surface area contributed by atoms with Gasteiger partial charge in [-0.3, -0.25) is 10.1 Å². The lowest BCUT2D eigenvalue weighted by Crippen LogP contribution is -2.44. The van der Waals surface area contributed by atoms with Gasteiger partial charge in [-0.25, -0.2) is 0 Å². The van der Waals surface area contributed by atoms with Crippen LogP contribution in [0.15, 0.2) is 18.2 Å². The highest BCUT2D eigenvalue weighted by molar-refractivity contribution is 6.17. The van der Waals surface area contributed by atoms with Crippen molar-refractivity contribution in [2.24, 2.45) is 0 Å². The topological polar surface area (TPSA) is 55.6 Å². The van der Waals surface area contributed by atoms with Crippen molar-refractivity contribution in [3.05, 3.63) is 33.9 Å². The first-order valence-electron chi connectivity index (χ1n) is 5.81. The molecule has 1 fully saturated rings. The minimum atomic E-state index is -0.400. The second kappa shape index (κ2) is 5.54. The molecule has 1 aliphatic rings. The molecule has 1 aliphatic heterocycles. The Labute approximate surface area is 110 Å². The van der Waals surface area contributed by atoms with Crippen LogP contribution in [0.5, 0.6) is 0 Å². The van der Waals surface area contributed by atoms with Crippen molar-refractivity contribution in [2.45, 2.75) is 18.8 Å². The number of anilines is 1. The van der Waals surface area contributed by atoms with Crippen LogP contribution in [-0.4, -0.2) is 30.7 Å². The Kier molecular flexibility index (Phi) is 4.04. The number of hydrogen-bond donors (Lipinski definition) is 0. The third kappa shape index (κ3) is 2.57. The van der Waals surface area contributed by atoms with E-state index in [1.54, 1.807) is 12.1 Å². The lowest BCUT2D eigenvalue weighted by Gasteiger charge is -2.36. The molecule has 0 saturated carbocycles. The van der Waals surface area contributed by atoms with Crippen molar-refractivity contribution < 1.29 is 9.66 Å². The number of hydrogen-bond acceptors (Lipinski definition) is 4. The minimum Gasteiger partial charge on any atom is -0.377 e. The van der Waals surface area contributed by atoms with Crippen LogP contribution in [0, 0.1) is 10.1 Å². The van der Waals surface area contributed by atoms with Crippen molar-refractivity contribution in [1.82, 2.24) is 0 Å². The van der Waals surface area contributed by atoms with Gasteiger partial charge in [-0.15, -0.1) is 11.6 Å². The fourth-order valence-corrected chi connectivity index (χ4v) is 2.37. The molecular formula is C12H15ClN2O3. The molecule has 1 aromatic rings. The van der Waals surface area contributed by atoms with Crippen molar-refractivity contribution in [3.8, 4) is 0 Å². The van der Waals surface area contributed by atoms with Gasteiger partial charge in [-0.1, -0.05) is 0 Å². The monoisotopic (exact) mass is 270 g/mol. The van der Waals surface area contributed by atoms with E-state index in [1.807, 2.05) is 0 Å². The Hall–Kier alpha value is -1.33. The van der Waals surface area contributed by atoms with Gasteiger partial charge in [0.2, 0.25) is 0 Å². The quantitative estimate of drug-likeness (QED) is 0.481. The normalized spacial score (nSPS) is 19.9. The first-order valence-corrected chi connectivity index (χ1v) is 6.34. The second-order valence-electron chi connectivity index (χ2n) is 4.32. The van der Waals surface area contributed by atoms with Crippen LogP contribution < -0.4 is 4.90 Å². The summed E-state index contributed by atoms with van der Waals surface area (Å²) in [5.74, 6) is 0.265. The molecular weight excluding hydrogens is 256 g/mol. The van der Waals surface area contributed by atoms with Gasteiger partial charge >= 0.3 is 0 Å². The van der Waals surface area contributed by atoms with Gasteiger partial charge < -0.3 is 9.64 Å². The first kappa shape index (κ1) is 13.1. The Morgan fingerprint density at radius 2 is 2.39 bits per heavy atom. The Morgan fingerprint density at radius 3 is 3.00 bits per heavy atom. The van der Waals surface area contributed by atoms with Gasteiger partial charge in [-0.2, -0.15) is 0 Å². The molecule has 0 spiro atoms. The number of morpholine rings is 1. The number of benzene rings is 1. The molecule has 0 aliphatic carbocycles. The Balaban J connectivity index is 2.34. The summed E-state index contributed by atoms with van der Waals surface area (Å²) in [4.78, 5) is 12.5. The van der Waals surface area contributed by atoms with E-state index in [2.05, 4.69) is 11.8 Å². The molecule has 0 radical (unpaired) electrons. The number of nitro groups is 1. The van der Waals surface area contributed by atoms with E-state index in [1.165, 1.54) is 6.07 Å². The standard InChI is InChI=1S/C12H15ClN2O3/c1-9-8-18-5-4-14(9)12-3-2-11(15(16)17)6-10(12)7-13/h2-3,6,9H,4-5,7-8H2,1H3. The Bertz CT molecular complexity index is 453. The summed E-state index contributed by atoms with van der Waals surface area (Å²) < 4.78 is 5.39. The molecule has 2 rings (SSSR count). The fraction of sp³-hybridized carbons (Fsp3) is 0.500. The molecule has 6 heteroatoms. The third-order valence-electron chi connectivity index (χ3n) is 3.09. The van der Waals surface area contributed by atoms with Gasteiger partial charge in [0.15, 0.2) is 0 Å². The van der Waals surface area contributed by atoms with Crippen LogP contribution >= 0.6 is 11.6 Å². The zero-order chi connectivity index (χ0) is 13.1. The zero-order valence-corrected chi connectivity index (χ0v) is 10.9. The number of nitrogens with zero attached hydrogens (tertiary/aromatic N) is 2. The number of halogens is 1. The van der Waals surface area contributed by atoms with E-state index >= 15 is 0 Å². The minimum absolute atomic E-state index is 0.0790. The third-order valence-corrected chi connectivity index (χ3v) is 3.38. The van der Waals surface area contributed by atoms with Gasteiger partial charge in [0.05, 0.1) is 18.1 Å². The highest BCUT2D eigenvalue weighted by Crippen LogP contribution is 2.29. The summed E-state index contributed by atoms with van der Waals surface area (Å²) in [6.07, 6.45) is 0. The van der Waals surface area contributed by atoms with Crippen LogP contribution in [0.1, 0.15) is 12.5 Å². The highest BCUT2D eigenvalue weighted by Gasteiger charge is 2.22. The lowest BCUT2D eigenvalue weighted by molar-refractivity contribution is -0.384. The Morgan fingerprint density at radius 1 is 1.61 bits per heavy atom. The maximum absolute atomic E-state index is 10.7. The van der Waals surface area contributed by atoms with Crippen LogP contribution in [0.25, 0.3) is 0 Å². The van der Waals surface area contributed by atoms with Gasteiger partial charge in [0.1, 0.15) is 0 Å². The first-order chi connectivity index (χ1) is 8.63. The predicted octanol–water partition coefficient (Wildman–Crippen LogP) is 2.56. The number of rotatable bonds is 3. The van der Waals surface area contributed by atoms with E-state index in [0.29, 0.717) is 13.2 Å². The molecule has 1 unspecified atom stereocenters. The van der Waals surface area contributed by atoms with Gasteiger partial charge in [0.25, 0.3) is 5.69 Å². The molecule has 98 valence electrons. The molecule has 0 bridgehead atoms. The number of nitro benzene ring substituents is 1. The van der Waals surface area contributed by atoms with Crippen LogP contribution in [-0.2, 0) is 10.6 Å². The maximum Gasteiger partial charge on any atom is 0.269 e. The predicted molar refractivity (Wildman–Crippen MR) is 70.3 cm³/mol. The summed E-state index contributed by atoms with van der Waals surface area (Å²) in [6.45, 7) is 4.18. The summed E-state index contributed by atoms with van der Waals surface area (Å²) in [5, 5.41) is 10.7. The summed E-state index contributed by atoms with van der Waals surface area (Å²) in [7, 11) is 0. The molecule has 1 saturated heterocycles. The van der Waals surface area contributed by atoms with E-state index in [9.17, 15) is 10.1 Å². The molecule has 0 N–H and O–H groups in total. The second-order valence-corrected chi connectivity index (χ2v) is 4.59. The number of non-ortho nitro benzene ring substituents is 1. The lowest BCUT2D eigenvalue weighted by atomic mass is 10.1. The average molecular weight is 271 g/mol. The van der Waals surface area contributed by atoms with Crippen molar-refractivity contribution in [2.75, 3.05) is 24.7 Å². The van der Waals surface area contributed by atoms with Crippen molar-refractivity contribution in [3.63, 3.8) is 0 Å². The average Bonchev–Trinajstić information content (AvgIpc) is 2.38. The van der Waals surface area contributed by atoms with E-state index < -0.39 is 4.92 Å². The summed E-state index contributed by atoms with van der Waals surface area (Å²) in [5.41, 5.74) is 1.83. The van der Waals surface area contributed by atoms with Crippen LogP contribution in [0.3, 0.4) is 0 Å². The van der Waals surface area contributed by atoms with Crippen LogP contribution in [0.4, 0.5) is 11.4 Å². The molecule has 1 atom stereocenters. The molecule has 18 heavy (non-hydrogen) atoms. The summed E-state index contributed by atoms with van der Waals surface area (Å²) >= 11 is 5.90. The zero-order valence-electron chi connectivity index (χ0n) is 10.1. The number of alkyl halides is 1. The molecule has 1 aromatic carbocycles. The van der Waals surface area contributed by atoms with Crippen molar-refractivity contribution >= 4 is 23.0 Å². The van der Waals surface area contributed by atoms with E-state index in [4.69, 9.17) is 16.3 Å².